The molecule has 0 amide bonds. The minimum absolute atomic E-state index is 0.119. The summed E-state index contributed by atoms with van der Waals surface area (Å²) in [7, 11) is 0. The van der Waals surface area contributed by atoms with Crippen molar-refractivity contribution in [1.29, 1.82) is 0 Å². The van der Waals surface area contributed by atoms with Gasteiger partial charge in [0.2, 0.25) is 0 Å². The summed E-state index contributed by atoms with van der Waals surface area (Å²) >= 11 is 0. The average Bonchev–Trinajstić information content (AvgIpc) is 2.31. The van der Waals surface area contributed by atoms with Gasteiger partial charge in [-0.1, -0.05) is 6.92 Å². The predicted molar refractivity (Wildman–Crippen MR) is 77.1 cm³/mol. The van der Waals surface area contributed by atoms with Crippen LogP contribution in [0, 0.1) is 6.92 Å². The maximum absolute atomic E-state index is 11.7. The SMILES string of the molecule is CCc1c(C)cc(OCCN2CCC2)cc1C(C)=O. The van der Waals surface area contributed by atoms with Crippen molar-refractivity contribution >= 4 is 5.78 Å². The molecule has 0 aliphatic carbocycles. The third kappa shape index (κ3) is 3.35. The number of ether oxygens (including phenoxy) is 1. The molecule has 1 aliphatic heterocycles. The van der Waals surface area contributed by atoms with Crippen molar-refractivity contribution in [3.8, 4) is 5.75 Å². The fourth-order valence-corrected chi connectivity index (χ4v) is 2.55. The number of ketones is 1. The molecule has 0 aromatic heterocycles. The van der Waals surface area contributed by atoms with Gasteiger partial charge in [0.25, 0.3) is 0 Å². The molecule has 0 spiro atoms. The fourth-order valence-electron chi connectivity index (χ4n) is 2.55. The van der Waals surface area contributed by atoms with Gasteiger partial charge in [-0.2, -0.15) is 0 Å². The number of aryl methyl sites for hydroxylation is 1. The van der Waals surface area contributed by atoms with Crippen LogP contribution < -0.4 is 4.74 Å². The maximum Gasteiger partial charge on any atom is 0.160 e. The van der Waals surface area contributed by atoms with Crippen LogP contribution in [0.5, 0.6) is 5.75 Å². The van der Waals surface area contributed by atoms with Crippen molar-refractivity contribution in [2.75, 3.05) is 26.2 Å². The topological polar surface area (TPSA) is 29.5 Å². The highest BCUT2D eigenvalue weighted by Crippen LogP contribution is 2.23. The highest BCUT2D eigenvalue weighted by Gasteiger charge is 2.14. The Kier molecular flexibility index (Phi) is 4.59. The van der Waals surface area contributed by atoms with E-state index >= 15 is 0 Å². The lowest BCUT2D eigenvalue weighted by Crippen LogP contribution is -2.39. The van der Waals surface area contributed by atoms with Crippen LogP contribution in [0.4, 0.5) is 0 Å². The summed E-state index contributed by atoms with van der Waals surface area (Å²) in [5.41, 5.74) is 3.10. The van der Waals surface area contributed by atoms with Gasteiger partial charge in [0.15, 0.2) is 5.78 Å². The second-order valence-electron chi connectivity index (χ2n) is 5.22. The Morgan fingerprint density at radius 3 is 2.63 bits per heavy atom. The van der Waals surface area contributed by atoms with E-state index in [9.17, 15) is 4.79 Å². The Labute approximate surface area is 115 Å². The molecule has 0 unspecified atom stereocenters. The number of likely N-dealkylation sites (tertiary alicyclic amines) is 1. The monoisotopic (exact) mass is 261 g/mol. The van der Waals surface area contributed by atoms with Gasteiger partial charge in [-0.05, 0) is 63.0 Å². The Hall–Kier alpha value is -1.35. The predicted octanol–water partition coefficient (Wildman–Crippen LogP) is 2.84. The summed E-state index contributed by atoms with van der Waals surface area (Å²) in [4.78, 5) is 14.1. The van der Waals surface area contributed by atoms with Crippen molar-refractivity contribution in [3.05, 3.63) is 28.8 Å². The number of carbonyl (C=O) groups excluding carboxylic acids is 1. The second kappa shape index (κ2) is 6.20. The van der Waals surface area contributed by atoms with E-state index in [0.717, 1.165) is 35.4 Å². The standard InChI is InChI=1S/C16H23NO2/c1-4-15-12(2)10-14(11-16(15)13(3)18)19-9-8-17-6-5-7-17/h10-11H,4-9H2,1-3H3. The van der Waals surface area contributed by atoms with Crippen LogP contribution in [-0.2, 0) is 6.42 Å². The van der Waals surface area contributed by atoms with E-state index in [1.54, 1.807) is 6.92 Å². The quantitative estimate of drug-likeness (QED) is 0.737. The van der Waals surface area contributed by atoms with Crippen molar-refractivity contribution < 1.29 is 9.53 Å². The minimum atomic E-state index is 0.119. The van der Waals surface area contributed by atoms with Crippen molar-refractivity contribution in [2.45, 2.75) is 33.6 Å². The third-order valence-electron chi connectivity index (χ3n) is 3.80. The number of Topliss-reactive ketones (excluding diaryl/α,β-unsaturated/α-hetero) is 1. The molecule has 104 valence electrons. The number of hydrogen-bond acceptors (Lipinski definition) is 3. The molecule has 19 heavy (non-hydrogen) atoms. The highest BCUT2D eigenvalue weighted by molar-refractivity contribution is 5.96. The van der Waals surface area contributed by atoms with Crippen LogP contribution in [0.15, 0.2) is 12.1 Å². The molecule has 0 N–H and O–H groups in total. The van der Waals surface area contributed by atoms with Gasteiger partial charge in [-0.15, -0.1) is 0 Å². The summed E-state index contributed by atoms with van der Waals surface area (Å²) < 4.78 is 5.79. The lowest BCUT2D eigenvalue weighted by atomic mass is 9.97. The first-order valence-electron chi connectivity index (χ1n) is 7.11. The maximum atomic E-state index is 11.7. The van der Waals surface area contributed by atoms with Crippen LogP contribution in [0.25, 0.3) is 0 Å². The lowest BCUT2D eigenvalue weighted by molar-refractivity contribution is 0.101. The van der Waals surface area contributed by atoms with Gasteiger partial charge in [0.1, 0.15) is 12.4 Å². The van der Waals surface area contributed by atoms with Gasteiger partial charge in [0, 0.05) is 12.1 Å². The van der Waals surface area contributed by atoms with Crippen molar-refractivity contribution in [3.63, 3.8) is 0 Å². The zero-order valence-electron chi connectivity index (χ0n) is 12.2. The van der Waals surface area contributed by atoms with Crippen LogP contribution in [0.2, 0.25) is 0 Å². The molecule has 1 fully saturated rings. The van der Waals surface area contributed by atoms with Crippen LogP contribution in [0.3, 0.4) is 0 Å². The summed E-state index contributed by atoms with van der Waals surface area (Å²) in [6, 6.07) is 3.94. The molecule has 3 nitrogen and oxygen atoms in total. The molecule has 1 heterocycles. The lowest BCUT2D eigenvalue weighted by Gasteiger charge is -2.30. The first-order valence-corrected chi connectivity index (χ1v) is 7.11. The van der Waals surface area contributed by atoms with Gasteiger partial charge < -0.3 is 4.74 Å². The number of rotatable bonds is 6. The molecule has 0 bridgehead atoms. The Bertz CT molecular complexity index is 464. The molecule has 1 saturated heterocycles. The molecule has 3 heteroatoms. The van der Waals surface area contributed by atoms with Gasteiger partial charge in [-0.25, -0.2) is 0 Å². The van der Waals surface area contributed by atoms with Crippen LogP contribution in [-0.4, -0.2) is 36.9 Å². The zero-order chi connectivity index (χ0) is 13.8. The summed E-state index contributed by atoms with van der Waals surface area (Å²) in [5, 5.41) is 0. The van der Waals surface area contributed by atoms with Gasteiger partial charge in [0.05, 0.1) is 0 Å². The van der Waals surface area contributed by atoms with E-state index in [1.165, 1.54) is 19.5 Å². The molecule has 2 rings (SSSR count). The van der Waals surface area contributed by atoms with E-state index in [-0.39, 0.29) is 5.78 Å². The molecule has 1 aromatic rings. The number of carbonyl (C=O) groups is 1. The average molecular weight is 261 g/mol. The van der Waals surface area contributed by atoms with E-state index in [1.807, 2.05) is 19.1 Å². The van der Waals surface area contributed by atoms with Crippen LogP contribution >= 0.6 is 0 Å². The Morgan fingerprint density at radius 1 is 1.37 bits per heavy atom. The number of hydrogen-bond donors (Lipinski definition) is 0. The molecular weight excluding hydrogens is 238 g/mol. The van der Waals surface area contributed by atoms with E-state index in [0.29, 0.717) is 6.61 Å². The zero-order valence-corrected chi connectivity index (χ0v) is 12.2. The largest absolute Gasteiger partial charge is 0.492 e. The van der Waals surface area contributed by atoms with Crippen LogP contribution in [0.1, 0.15) is 41.8 Å². The smallest absolute Gasteiger partial charge is 0.160 e. The summed E-state index contributed by atoms with van der Waals surface area (Å²) in [6.45, 7) is 9.81. The molecule has 0 saturated carbocycles. The summed E-state index contributed by atoms with van der Waals surface area (Å²) in [6.07, 6.45) is 2.19. The van der Waals surface area contributed by atoms with Gasteiger partial charge >= 0.3 is 0 Å². The normalized spacial score (nSPS) is 15.1. The summed E-state index contributed by atoms with van der Waals surface area (Å²) in [5.74, 6) is 0.938. The number of benzene rings is 1. The highest BCUT2D eigenvalue weighted by atomic mass is 16.5. The molecule has 1 aromatic carbocycles. The first kappa shape index (κ1) is 14.1. The number of nitrogens with zero attached hydrogens (tertiary/aromatic N) is 1. The van der Waals surface area contributed by atoms with Crippen molar-refractivity contribution in [1.82, 2.24) is 4.90 Å². The fraction of sp³-hybridized carbons (Fsp3) is 0.562. The Morgan fingerprint density at radius 2 is 2.11 bits per heavy atom. The van der Waals surface area contributed by atoms with E-state index < -0.39 is 0 Å². The second-order valence-corrected chi connectivity index (χ2v) is 5.22. The molecule has 1 aliphatic rings. The van der Waals surface area contributed by atoms with E-state index in [4.69, 9.17) is 4.74 Å². The minimum Gasteiger partial charge on any atom is -0.492 e. The third-order valence-corrected chi connectivity index (χ3v) is 3.80. The first-order chi connectivity index (χ1) is 9.11. The van der Waals surface area contributed by atoms with Gasteiger partial charge in [-0.3, -0.25) is 9.69 Å². The molecular formula is C16H23NO2. The molecule has 0 atom stereocenters. The molecule has 0 radical (unpaired) electrons. The van der Waals surface area contributed by atoms with E-state index in [2.05, 4.69) is 11.8 Å². The van der Waals surface area contributed by atoms with Crippen molar-refractivity contribution in [2.24, 2.45) is 0 Å². The Balaban J connectivity index is 2.05.